The fraction of sp³-hybridized carbons (Fsp3) is 0.227. The van der Waals surface area contributed by atoms with Crippen molar-refractivity contribution >= 4 is 17.2 Å². The van der Waals surface area contributed by atoms with Gasteiger partial charge in [0.2, 0.25) is 11.8 Å². The van der Waals surface area contributed by atoms with Gasteiger partial charge in [-0.25, -0.2) is 4.98 Å². The van der Waals surface area contributed by atoms with E-state index in [4.69, 9.17) is 14.1 Å². The first kappa shape index (κ1) is 18.0. The van der Waals surface area contributed by atoms with E-state index >= 15 is 0 Å². The van der Waals surface area contributed by atoms with Gasteiger partial charge in [-0.3, -0.25) is 0 Å². The maximum Gasteiger partial charge on any atom is 0.229 e. The molecule has 1 fully saturated rings. The highest BCUT2D eigenvalue weighted by atomic mass is 32.1. The highest BCUT2D eigenvalue weighted by Crippen LogP contribution is 2.38. The predicted molar refractivity (Wildman–Crippen MR) is 114 cm³/mol. The third kappa shape index (κ3) is 3.66. The molecule has 1 aliphatic rings. The summed E-state index contributed by atoms with van der Waals surface area (Å²) < 4.78 is 11.7. The number of ether oxygens (including phenoxy) is 1. The van der Waals surface area contributed by atoms with Gasteiger partial charge in [0.25, 0.3) is 0 Å². The van der Waals surface area contributed by atoms with Gasteiger partial charge in [0.05, 0.1) is 13.2 Å². The van der Waals surface area contributed by atoms with E-state index in [2.05, 4.69) is 46.3 Å². The first-order valence-corrected chi connectivity index (χ1v) is 10.4. The van der Waals surface area contributed by atoms with Crippen molar-refractivity contribution in [1.82, 2.24) is 15.2 Å². The maximum atomic E-state index is 6.22. The van der Waals surface area contributed by atoms with E-state index in [0.717, 1.165) is 45.8 Å². The minimum Gasteiger partial charge on any atom is -0.420 e. The predicted octanol–water partition coefficient (Wildman–Crippen LogP) is 4.67. The molecule has 146 valence electrons. The van der Waals surface area contributed by atoms with Crippen molar-refractivity contribution in [3.8, 4) is 32.7 Å². The Kier molecular flexibility index (Phi) is 4.83. The van der Waals surface area contributed by atoms with Gasteiger partial charge in [0.1, 0.15) is 5.01 Å². The third-order valence-corrected chi connectivity index (χ3v) is 5.83. The summed E-state index contributed by atoms with van der Waals surface area (Å²) in [5.74, 6) is 1.33. The molecule has 0 atom stereocenters. The molecular weight excluding hydrogens is 384 g/mol. The fourth-order valence-corrected chi connectivity index (χ4v) is 4.10. The molecule has 1 aliphatic heterocycles. The van der Waals surface area contributed by atoms with Crippen LogP contribution >= 0.6 is 11.3 Å². The lowest BCUT2D eigenvalue weighted by molar-refractivity contribution is 0.121. The normalized spacial score (nSPS) is 14.3. The summed E-state index contributed by atoms with van der Waals surface area (Å²) in [4.78, 5) is 6.98. The number of hydrogen-bond acceptors (Lipinski definition) is 7. The van der Waals surface area contributed by atoms with Crippen molar-refractivity contribution in [2.75, 3.05) is 31.2 Å². The van der Waals surface area contributed by atoms with Crippen molar-refractivity contribution < 1.29 is 9.15 Å². The van der Waals surface area contributed by atoms with Crippen molar-refractivity contribution in [3.63, 3.8) is 0 Å². The van der Waals surface area contributed by atoms with Gasteiger partial charge in [-0.15, -0.1) is 10.2 Å². The summed E-state index contributed by atoms with van der Waals surface area (Å²) in [6.45, 7) is 4.95. The molecule has 0 saturated carbocycles. The second-order valence-electron chi connectivity index (χ2n) is 6.92. The molecule has 0 N–H and O–H groups in total. The van der Waals surface area contributed by atoms with E-state index in [1.54, 1.807) is 0 Å². The first-order valence-electron chi connectivity index (χ1n) is 9.58. The van der Waals surface area contributed by atoms with Crippen LogP contribution in [0.5, 0.6) is 0 Å². The number of hydrogen-bond donors (Lipinski definition) is 0. The van der Waals surface area contributed by atoms with Gasteiger partial charge in [0.15, 0.2) is 10.7 Å². The van der Waals surface area contributed by atoms with Crippen LogP contribution in [-0.4, -0.2) is 41.5 Å². The van der Waals surface area contributed by atoms with E-state index in [9.17, 15) is 0 Å². The molecule has 1 saturated heterocycles. The van der Waals surface area contributed by atoms with Gasteiger partial charge >= 0.3 is 0 Å². The first-order chi connectivity index (χ1) is 14.3. The molecule has 0 amide bonds. The lowest BCUT2D eigenvalue weighted by atomic mass is 10.2. The van der Waals surface area contributed by atoms with Crippen molar-refractivity contribution in [2.45, 2.75) is 6.92 Å². The zero-order chi connectivity index (χ0) is 19.6. The van der Waals surface area contributed by atoms with Gasteiger partial charge in [-0.05, 0) is 19.1 Å². The Morgan fingerprint density at radius 1 is 0.862 bits per heavy atom. The molecule has 0 spiro atoms. The molecule has 4 aromatic rings. The fourth-order valence-electron chi connectivity index (χ4n) is 3.27. The highest BCUT2D eigenvalue weighted by Gasteiger charge is 2.25. The summed E-state index contributed by atoms with van der Waals surface area (Å²) in [5, 5.41) is 10.5. The molecule has 7 heteroatoms. The van der Waals surface area contributed by atoms with Crippen LogP contribution in [0.15, 0.2) is 59.0 Å². The molecule has 0 unspecified atom stereocenters. The molecule has 0 bridgehead atoms. The number of aromatic nitrogens is 3. The molecule has 0 aliphatic carbocycles. The van der Waals surface area contributed by atoms with Crippen molar-refractivity contribution in [2.24, 2.45) is 0 Å². The van der Waals surface area contributed by atoms with Crippen molar-refractivity contribution in [1.29, 1.82) is 0 Å². The lowest BCUT2D eigenvalue weighted by Gasteiger charge is -2.26. The Bertz CT molecular complexity index is 1100. The van der Waals surface area contributed by atoms with Crippen LogP contribution in [0.1, 0.15) is 5.56 Å². The monoisotopic (exact) mass is 404 g/mol. The number of aryl methyl sites for hydroxylation is 1. The van der Waals surface area contributed by atoms with Gasteiger partial charge in [-0.1, -0.05) is 59.4 Å². The summed E-state index contributed by atoms with van der Waals surface area (Å²) in [7, 11) is 0. The van der Waals surface area contributed by atoms with Crippen LogP contribution in [0.2, 0.25) is 0 Å². The molecule has 6 nitrogen and oxygen atoms in total. The zero-order valence-electron chi connectivity index (χ0n) is 16.0. The Morgan fingerprint density at radius 2 is 1.59 bits per heavy atom. The summed E-state index contributed by atoms with van der Waals surface area (Å²) in [6.07, 6.45) is 0. The number of benzene rings is 2. The average Bonchev–Trinajstić information content (AvgIpc) is 3.43. The van der Waals surface area contributed by atoms with Gasteiger partial charge in [-0.2, -0.15) is 0 Å². The molecule has 29 heavy (non-hydrogen) atoms. The Balaban J connectivity index is 1.56. The van der Waals surface area contributed by atoms with Crippen LogP contribution in [-0.2, 0) is 4.74 Å². The van der Waals surface area contributed by atoms with Crippen LogP contribution in [0.25, 0.3) is 32.7 Å². The van der Waals surface area contributed by atoms with Gasteiger partial charge in [0, 0.05) is 24.2 Å². The molecule has 5 rings (SSSR count). The topological polar surface area (TPSA) is 64.3 Å². The number of oxazole rings is 1. The Labute approximate surface area is 172 Å². The zero-order valence-corrected chi connectivity index (χ0v) is 16.9. The highest BCUT2D eigenvalue weighted by molar-refractivity contribution is 7.17. The molecule has 0 radical (unpaired) electrons. The Morgan fingerprint density at radius 3 is 2.34 bits per heavy atom. The van der Waals surface area contributed by atoms with Crippen LogP contribution in [0.4, 0.5) is 5.88 Å². The molecule has 2 aromatic heterocycles. The average molecular weight is 404 g/mol. The van der Waals surface area contributed by atoms with E-state index in [-0.39, 0.29) is 0 Å². The molecular formula is C22H20N4O2S. The van der Waals surface area contributed by atoms with E-state index in [0.29, 0.717) is 19.1 Å². The van der Waals surface area contributed by atoms with Crippen LogP contribution in [0, 0.1) is 6.92 Å². The SMILES string of the molecule is Cc1ccc(-c2nnc(-c3nc(-c4ccccc4)oc3N3CCOCC3)s2)cc1. The van der Waals surface area contributed by atoms with E-state index < -0.39 is 0 Å². The Hall–Kier alpha value is -3.03. The molecule has 2 aromatic carbocycles. The second-order valence-corrected chi connectivity index (χ2v) is 7.89. The number of anilines is 1. The summed E-state index contributed by atoms with van der Waals surface area (Å²) in [6, 6.07) is 18.2. The van der Waals surface area contributed by atoms with E-state index in [1.165, 1.54) is 16.9 Å². The van der Waals surface area contributed by atoms with Crippen molar-refractivity contribution in [3.05, 3.63) is 60.2 Å². The van der Waals surface area contributed by atoms with Gasteiger partial charge < -0.3 is 14.1 Å². The number of nitrogens with zero attached hydrogens (tertiary/aromatic N) is 4. The number of morpholine rings is 1. The smallest absolute Gasteiger partial charge is 0.229 e. The maximum absolute atomic E-state index is 6.22. The van der Waals surface area contributed by atoms with E-state index in [1.807, 2.05) is 30.3 Å². The second kappa shape index (κ2) is 7.77. The minimum absolute atomic E-state index is 0.592. The summed E-state index contributed by atoms with van der Waals surface area (Å²) >= 11 is 1.53. The lowest BCUT2D eigenvalue weighted by Crippen LogP contribution is -2.36. The molecule has 3 heterocycles. The van der Waals surface area contributed by atoms with Crippen LogP contribution < -0.4 is 4.90 Å². The third-order valence-electron chi connectivity index (χ3n) is 4.85. The number of rotatable bonds is 4. The minimum atomic E-state index is 0.592. The quantitative estimate of drug-likeness (QED) is 0.492. The summed E-state index contributed by atoms with van der Waals surface area (Å²) in [5.41, 5.74) is 3.95. The standard InChI is InChI=1S/C22H20N4O2S/c1-15-7-9-17(10-8-15)20-24-25-21(29-20)18-22(26-11-13-27-14-12-26)28-19(23-18)16-5-3-2-4-6-16/h2-10H,11-14H2,1H3. The van der Waals surface area contributed by atoms with Crippen LogP contribution in [0.3, 0.4) is 0 Å². The largest absolute Gasteiger partial charge is 0.420 e.